The monoisotopic (exact) mass is 338 g/mol. The Kier molecular flexibility index (Phi) is 4.97. The van der Waals surface area contributed by atoms with Crippen LogP contribution in [0.3, 0.4) is 0 Å². The number of rotatable bonds is 6. The summed E-state index contributed by atoms with van der Waals surface area (Å²) in [7, 11) is 1.92. The minimum atomic E-state index is -0.279. The quantitative estimate of drug-likeness (QED) is 0.750. The van der Waals surface area contributed by atoms with Gasteiger partial charge in [-0.05, 0) is 25.8 Å². The molecule has 0 radical (unpaired) electrons. The second kappa shape index (κ2) is 7.34. The number of aryl methyl sites for hydroxylation is 3. The zero-order chi connectivity index (χ0) is 17.8. The summed E-state index contributed by atoms with van der Waals surface area (Å²) >= 11 is 0. The minimum Gasteiger partial charge on any atom is -0.361 e. The third kappa shape index (κ3) is 3.79. The van der Waals surface area contributed by atoms with Gasteiger partial charge in [-0.2, -0.15) is 0 Å². The minimum absolute atomic E-state index is 0.0307. The molecule has 0 aliphatic rings. The number of amides is 1. The van der Waals surface area contributed by atoms with Crippen LogP contribution in [-0.2, 0) is 18.3 Å². The number of aromatic nitrogens is 3. The highest BCUT2D eigenvalue weighted by Crippen LogP contribution is 2.21. The Morgan fingerprint density at radius 3 is 2.64 bits per heavy atom. The van der Waals surface area contributed by atoms with Gasteiger partial charge in [0.15, 0.2) is 0 Å². The predicted octanol–water partition coefficient (Wildman–Crippen LogP) is 2.86. The summed E-state index contributed by atoms with van der Waals surface area (Å²) in [6, 6.07) is 9.58. The van der Waals surface area contributed by atoms with Gasteiger partial charge in [-0.15, -0.1) is 0 Å². The van der Waals surface area contributed by atoms with Crippen LogP contribution in [0, 0.1) is 13.8 Å². The average molecular weight is 338 g/mol. The van der Waals surface area contributed by atoms with Gasteiger partial charge in [0.2, 0.25) is 5.91 Å². The van der Waals surface area contributed by atoms with Crippen molar-refractivity contribution >= 4 is 5.91 Å². The first-order valence-corrected chi connectivity index (χ1v) is 8.29. The van der Waals surface area contributed by atoms with Crippen molar-refractivity contribution in [2.45, 2.75) is 32.7 Å². The van der Waals surface area contributed by atoms with Gasteiger partial charge in [0.1, 0.15) is 17.6 Å². The normalized spacial score (nSPS) is 12.1. The van der Waals surface area contributed by atoms with Crippen LogP contribution >= 0.6 is 0 Å². The molecule has 25 heavy (non-hydrogen) atoms. The molecule has 6 heteroatoms. The molecule has 0 spiro atoms. The number of hydrogen-bond acceptors (Lipinski definition) is 4. The highest BCUT2D eigenvalue weighted by Gasteiger charge is 2.21. The van der Waals surface area contributed by atoms with Crippen molar-refractivity contribution in [3.63, 3.8) is 0 Å². The van der Waals surface area contributed by atoms with Crippen molar-refractivity contribution in [1.82, 2.24) is 20.0 Å². The van der Waals surface area contributed by atoms with E-state index in [9.17, 15) is 4.79 Å². The zero-order valence-corrected chi connectivity index (χ0v) is 14.7. The second-order valence-electron chi connectivity index (χ2n) is 6.11. The van der Waals surface area contributed by atoms with Gasteiger partial charge in [-0.3, -0.25) is 4.79 Å². The molecule has 2 heterocycles. The molecule has 1 aromatic carbocycles. The molecule has 3 aromatic rings. The van der Waals surface area contributed by atoms with Crippen LogP contribution in [0.2, 0.25) is 0 Å². The summed E-state index contributed by atoms with van der Waals surface area (Å²) < 4.78 is 7.08. The lowest BCUT2D eigenvalue weighted by Gasteiger charge is -2.19. The zero-order valence-electron chi connectivity index (χ0n) is 14.7. The van der Waals surface area contributed by atoms with E-state index in [0.717, 1.165) is 28.4 Å². The summed E-state index contributed by atoms with van der Waals surface area (Å²) in [6.45, 7) is 3.76. The van der Waals surface area contributed by atoms with Gasteiger partial charge in [0.05, 0.1) is 5.69 Å². The maximum Gasteiger partial charge on any atom is 0.221 e. The molecule has 1 atom stereocenters. The molecular weight excluding hydrogens is 316 g/mol. The van der Waals surface area contributed by atoms with Crippen LogP contribution in [0.5, 0.6) is 0 Å². The predicted molar refractivity (Wildman–Crippen MR) is 93.9 cm³/mol. The van der Waals surface area contributed by atoms with Crippen molar-refractivity contribution in [2.75, 3.05) is 0 Å². The first kappa shape index (κ1) is 17.0. The summed E-state index contributed by atoms with van der Waals surface area (Å²) in [4.78, 5) is 17.0. The Labute approximate surface area is 146 Å². The van der Waals surface area contributed by atoms with Gasteiger partial charge in [-0.25, -0.2) is 4.98 Å². The molecule has 130 valence electrons. The fourth-order valence-electron chi connectivity index (χ4n) is 2.93. The molecule has 0 aliphatic carbocycles. The molecular formula is C19H22N4O2. The Morgan fingerprint density at radius 2 is 2.04 bits per heavy atom. The number of nitrogens with one attached hydrogen (secondary N) is 1. The molecule has 1 unspecified atom stereocenters. The first-order chi connectivity index (χ1) is 12.1. The topological polar surface area (TPSA) is 73.0 Å². The van der Waals surface area contributed by atoms with E-state index in [1.807, 2.05) is 62.0 Å². The highest BCUT2D eigenvalue weighted by atomic mass is 16.5. The molecule has 0 aliphatic heterocycles. The number of carbonyl (C=O) groups excluding carboxylic acids is 1. The van der Waals surface area contributed by atoms with Crippen molar-refractivity contribution in [3.05, 3.63) is 71.1 Å². The standard InChI is InChI=1S/C19H22N4O2/c1-13-16(14(2)25-22-13)9-10-17(24)21-18(15-7-5-4-6-8-15)19-20-11-12-23(19)3/h4-8,11-12,18H,9-10H2,1-3H3,(H,21,24). The van der Waals surface area contributed by atoms with Gasteiger partial charge in [0.25, 0.3) is 0 Å². The lowest BCUT2D eigenvalue weighted by Crippen LogP contribution is -2.31. The van der Waals surface area contributed by atoms with Crippen LogP contribution in [0.15, 0.2) is 47.2 Å². The second-order valence-corrected chi connectivity index (χ2v) is 6.11. The number of hydrogen-bond donors (Lipinski definition) is 1. The van der Waals surface area contributed by atoms with Crippen molar-refractivity contribution in [2.24, 2.45) is 7.05 Å². The Morgan fingerprint density at radius 1 is 1.28 bits per heavy atom. The molecule has 1 amide bonds. The maximum atomic E-state index is 12.6. The summed E-state index contributed by atoms with van der Waals surface area (Å²) in [5.41, 5.74) is 2.85. The van der Waals surface area contributed by atoms with E-state index >= 15 is 0 Å². The third-order valence-corrected chi connectivity index (χ3v) is 4.34. The Balaban J connectivity index is 1.74. The van der Waals surface area contributed by atoms with Crippen LogP contribution in [0.4, 0.5) is 0 Å². The van der Waals surface area contributed by atoms with Crippen molar-refractivity contribution < 1.29 is 9.32 Å². The van der Waals surface area contributed by atoms with E-state index < -0.39 is 0 Å². The van der Waals surface area contributed by atoms with Crippen molar-refractivity contribution in [1.29, 1.82) is 0 Å². The van der Waals surface area contributed by atoms with Gasteiger partial charge in [0, 0.05) is 31.4 Å². The van der Waals surface area contributed by atoms with Crippen molar-refractivity contribution in [3.8, 4) is 0 Å². The molecule has 0 fully saturated rings. The van der Waals surface area contributed by atoms with Crippen LogP contribution in [0.25, 0.3) is 0 Å². The summed E-state index contributed by atoms with van der Waals surface area (Å²) in [6.07, 6.45) is 4.59. The van der Waals surface area contributed by atoms with Gasteiger partial charge in [-0.1, -0.05) is 35.5 Å². The average Bonchev–Trinajstić information content (AvgIpc) is 3.17. The Hall–Kier alpha value is -2.89. The Bertz CT molecular complexity index is 832. The van der Waals surface area contributed by atoms with E-state index in [2.05, 4.69) is 15.5 Å². The first-order valence-electron chi connectivity index (χ1n) is 8.29. The molecule has 2 aromatic heterocycles. The number of benzene rings is 1. The van der Waals surface area contributed by atoms with E-state index in [4.69, 9.17) is 4.52 Å². The molecule has 6 nitrogen and oxygen atoms in total. The number of imidazole rings is 1. The summed E-state index contributed by atoms with van der Waals surface area (Å²) in [5, 5.41) is 7.04. The largest absolute Gasteiger partial charge is 0.361 e. The van der Waals surface area contributed by atoms with E-state index in [-0.39, 0.29) is 11.9 Å². The fourth-order valence-corrected chi connectivity index (χ4v) is 2.93. The maximum absolute atomic E-state index is 12.6. The number of carbonyl (C=O) groups is 1. The lowest BCUT2D eigenvalue weighted by molar-refractivity contribution is -0.121. The van der Waals surface area contributed by atoms with E-state index in [1.54, 1.807) is 6.20 Å². The molecule has 0 bridgehead atoms. The van der Waals surface area contributed by atoms with E-state index in [0.29, 0.717) is 12.8 Å². The molecule has 3 rings (SSSR count). The number of nitrogens with zero attached hydrogens (tertiary/aromatic N) is 3. The van der Waals surface area contributed by atoms with Crippen LogP contribution in [-0.4, -0.2) is 20.6 Å². The van der Waals surface area contributed by atoms with Gasteiger partial charge < -0.3 is 14.4 Å². The summed E-state index contributed by atoms with van der Waals surface area (Å²) in [5.74, 6) is 1.54. The lowest BCUT2D eigenvalue weighted by atomic mass is 10.0. The SMILES string of the molecule is Cc1noc(C)c1CCC(=O)NC(c1ccccc1)c1nccn1C. The van der Waals surface area contributed by atoms with Crippen LogP contribution in [0.1, 0.15) is 40.9 Å². The third-order valence-electron chi connectivity index (χ3n) is 4.34. The molecule has 0 saturated carbocycles. The highest BCUT2D eigenvalue weighted by molar-refractivity contribution is 5.77. The van der Waals surface area contributed by atoms with Crippen LogP contribution < -0.4 is 5.32 Å². The fraction of sp³-hybridized carbons (Fsp3) is 0.316. The van der Waals surface area contributed by atoms with E-state index in [1.165, 1.54) is 0 Å². The smallest absolute Gasteiger partial charge is 0.221 e. The van der Waals surface area contributed by atoms with Gasteiger partial charge >= 0.3 is 0 Å². The molecule has 1 N–H and O–H groups in total. The molecule has 0 saturated heterocycles.